The lowest BCUT2D eigenvalue weighted by molar-refractivity contribution is 0.0708. The zero-order chi connectivity index (χ0) is 17.9. The maximum atomic E-state index is 13.0. The Bertz CT molecular complexity index is 893. The average molecular weight is 351 g/mol. The van der Waals surface area contributed by atoms with Crippen LogP contribution in [0.15, 0.2) is 59.3 Å². The first-order valence-corrected chi connectivity index (χ1v) is 8.62. The number of hydrogen-bond acceptors (Lipinski definition) is 4. The van der Waals surface area contributed by atoms with Gasteiger partial charge in [0, 0.05) is 19.2 Å². The fourth-order valence-electron chi connectivity index (χ4n) is 3.26. The molecule has 1 saturated heterocycles. The van der Waals surface area contributed by atoms with Gasteiger partial charge in [-0.2, -0.15) is 0 Å². The van der Waals surface area contributed by atoms with E-state index in [9.17, 15) is 9.18 Å². The summed E-state index contributed by atoms with van der Waals surface area (Å²) < 4.78 is 18.9. The van der Waals surface area contributed by atoms with Crippen molar-refractivity contribution in [3.8, 4) is 0 Å². The summed E-state index contributed by atoms with van der Waals surface area (Å²) in [5.41, 5.74) is 1.37. The van der Waals surface area contributed by atoms with Crippen LogP contribution in [-0.4, -0.2) is 27.3 Å². The largest absolute Gasteiger partial charge is 0.443 e. The number of rotatable bonds is 4. The van der Waals surface area contributed by atoms with E-state index in [0.29, 0.717) is 30.3 Å². The van der Waals surface area contributed by atoms with Crippen LogP contribution in [0.2, 0.25) is 0 Å². The molecule has 0 bridgehead atoms. The molecule has 1 atom stereocenters. The fraction of sp³-hybridized carbons (Fsp3) is 0.250. The van der Waals surface area contributed by atoms with Gasteiger partial charge in [0.1, 0.15) is 23.3 Å². The number of amides is 1. The van der Waals surface area contributed by atoms with Crippen LogP contribution < -0.4 is 0 Å². The summed E-state index contributed by atoms with van der Waals surface area (Å²) in [5, 5.41) is 0. The SMILES string of the molecule is O=C(c1ccccn1)N1CCC[C@@H]1c1ncc(Cc2ccc(F)cc2)o1. The molecule has 1 fully saturated rings. The van der Waals surface area contributed by atoms with Gasteiger partial charge in [-0.15, -0.1) is 0 Å². The van der Waals surface area contributed by atoms with Crippen LogP contribution >= 0.6 is 0 Å². The third kappa shape index (κ3) is 3.35. The van der Waals surface area contributed by atoms with Crippen molar-refractivity contribution in [1.82, 2.24) is 14.9 Å². The molecule has 1 aliphatic rings. The lowest BCUT2D eigenvalue weighted by Gasteiger charge is -2.21. The van der Waals surface area contributed by atoms with Gasteiger partial charge in [-0.3, -0.25) is 9.78 Å². The average Bonchev–Trinajstić information content (AvgIpc) is 3.33. The second-order valence-corrected chi connectivity index (χ2v) is 6.34. The summed E-state index contributed by atoms with van der Waals surface area (Å²) in [4.78, 5) is 23.0. The molecule has 0 radical (unpaired) electrons. The van der Waals surface area contributed by atoms with Gasteiger partial charge in [-0.1, -0.05) is 18.2 Å². The number of likely N-dealkylation sites (tertiary alicyclic amines) is 1. The Kier molecular flexibility index (Phi) is 4.48. The molecule has 0 N–H and O–H groups in total. The predicted octanol–water partition coefficient (Wildman–Crippen LogP) is 3.78. The highest BCUT2D eigenvalue weighted by atomic mass is 19.1. The topological polar surface area (TPSA) is 59.2 Å². The van der Waals surface area contributed by atoms with Crippen molar-refractivity contribution in [3.63, 3.8) is 0 Å². The summed E-state index contributed by atoms with van der Waals surface area (Å²) in [7, 11) is 0. The van der Waals surface area contributed by atoms with Crippen LogP contribution in [0.5, 0.6) is 0 Å². The maximum Gasteiger partial charge on any atom is 0.273 e. The fourth-order valence-corrected chi connectivity index (χ4v) is 3.26. The number of hydrogen-bond donors (Lipinski definition) is 0. The van der Waals surface area contributed by atoms with E-state index >= 15 is 0 Å². The minimum Gasteiger partial charge on any atom is -0.443 e. The number of carbonyl (C=O) groups excluding carboxylic acids is 1. The van der Waals surface area contributed by atoms with Gasteiger partial charge in [-0.25, -0.2) is 9.37 Å². The molecule has 4 rings (SSSR count). The summed E-state index contributed by atoms with van der Waals surface area (Å²) in [6.07, 6.45) is 5.55. The molecule has 3 aromatic rings. The van der Waals surface area contributed by atoms with E-state index in [-0.39, 0.29) is 17.8 Å². The Balaban J connectivity index is 1.51. The van der Waals surface area contributed by atoms with Crippen molar-refractivity contribution in [1.29, 1.82) is 0 Å². The Morgan fingerprint density at radius 1 is 1.19 bits per heavy atom. The molecule has 132 valence electrons. The highest BCUT2D eigenvalue weighted by Gasteiger charge is 2.34. The minimum atomic E-state index is -0.262. The lowest BCUT2D eigenvalue weighted by atomic mass is 10.1. The number of halogens is 1. The molecular weight excluding hydrogens is 333 g/mol. The van der Waals surface area contributed by atoms with Crippen LogP contribution in [-0.2, 0) is 6.42 Å². The van der Waals surface area contributed by atoms with Gasteiger partial charge in [0.25, 0.3) is 5.91 Å². The number of oxazole rings is 1. The van der Waals surface area contributed by atoms with Crippen molar-refractivity contribution in [2.24, 2.45) is 0 Å². The molecule has 6 heteroatoms. The van der Waals surface area contributed by atoms with Crippen molar-refractivity contribution < 1.29 is 13.6 Å². The van der Waals surface area contributed by atoms with Crippen molar-refractivity contribution >= 4 is 5.91 Å². The molecule has 3 heterocycles. The normalized spacial score (nSPS) is 16.8. The van der Waals surface area contributed by atoms with Crippen molar-refractivity contribution in [3.05, 3.63) is 83.6 Å². The van der Waals surface area contributed by atoms with E-state index in [2.05, 4.69) is 9.97 Å². The number of pyridine rings is 1. The van der Waals surface area contributed by atoms with E-state index in [1.165, 1.54) is 12.1 Å². The Hall–Kier alpha value is -3.02. The molecular formula is C20H18FN3O2. The van der Waals surface area contributed by atoms with Gasteiger partial charge < -0.3 is 9.32 Å². The van der Waals surface area contributed by atoms with E-state index < -0.39 is 0 Å². The summed E-state index contributed by atoms with van der Waals surface area (Å²) >= 11 is 0. The predicted molar refractivity (Wildman–Crippen MR) is 93.0 cm³/mol. The van der Waals surface area contributed by atoms with Gasteiger partial charge in [0.05, 0.1) is 6.20 Å². The molecule has 0 unspecified atom stereocenters. The van der Waals surface area contributed by atoms with Crippen LogP contribution in [0, 0.1) is 5.82 Å². The Morgan fingerprint density at radius 3 is 2.81 bits per heavy atom. The molecule has 1 aromatic carbocycles. The monoisotopic (exact) mass is 351 g/mol. The van der Waals surface area contributed by atoms with E-state index in [0.717, 1.165) is 18.4 Å². The lowest BCUT2D eigenvalue weighted by Crippen LogP contribution is -2.31. The first kappa shape index (κ1) is 16.4. The van der Waals surface area contributed by atoms with Crippen molar-refractivity contribution in [2.45, 2.75) is 25.3 Å². The van der Waals surface area contributed by atoms with Gasteiger partial charge in [-0.05, 0) is 42.7 Å². The van der Waals surface area contributed by atoms with Crippen LogP contribution in [0.25, 0.3) is 0 Å². The molecule has 0 saturated carbocycles. The number of nitrogens with zero attached hydrogens (tertiary/aromatic N) is 3. The van der Waals surface area contributed by atoms with Crippen LogP contribution in [0.4, 0.5) is 4.39 Å². The van der Waals surface area contributed by atoms with E-state index in [4.69, 9.17) is 4.42 Å². The van der Waals surface area contributed by atoms with Gasteiger partial charge in [0.2, 0.25) is 5.89 Å². The Labute approximate surface area is 150 Å². The summed E-state index contributed by atoms with van der Waals surface area (Å²) in [6.45, 7) is 0.662. The maximum absolute atomic E-state index is 13.0. The van der Waals surface area contributed by atoms with Crippen LogP contribution in [0.1, 0.15) is 46.6 Å². The van der Waals surface area contributed by atoms with E-state index in [1.807, 2.05) is 0 Å². The molecule has 0 aliphatic carbocycles. The van der Waals surface area contributed by atoms with E-state index in [1.54, 1.807) is 47.6 Å². The summed E-state index contributed by atoms with van der Waals surface area (Å²) in [5.74, 6) is 0.876. The third-order valence-corrected chi connectivity index (χ3v) is 4.55. The Morgan fingerprint density at radius 2 is 2.04 bits per heavy atom. The van der Waals surface area contributed by atoms with Crippen LogP contribution in [0.3, 0.4) is 0 Å². The highest BCUT2D eigenvalue weighted by molar-refractivity contribution is 5.92. The number of benzene rings is 1. The molecule has 0 spiro atoms. The molecule has 2 aromatic heterocycles. The minimum absolute atomic E-state index is 0.105. The molecule has 26 heavy (non-hydrogen) atoms. The smallest absolute Gasteiger partial charge is 0.273 e. The molecule has 1 amide bonds. The van der Waals surface area contributed by atoms with Crippen molar-refractivity contribution in [2.75, 3.05) is 6.54 Å². The second kappa shape index (κ2) is 7.07. The first-order chi connectivity index (χ1) is 12.7. The number of aromatic nitrogens is 2. The highest BCUT2D eigenvalue weighted by Crippen LogP contribution is 2.32. The summed E-state index contributed by atoms with van der Waals surface area (Å²) in [6, 6.07) is 11.4. The van der Waals surface area contributed by atoms with Gasteiger partial charge >= 0.3 is 0 Å². The third-order valence-electron chi connectivity index (χ3n) is 4.55. The second-order valence-electron chi connectivity index (χ2n) is 6.34. The number of carbonyl (C=O) groups is 1. The first-order valence-electron chi connectivity index (χ1n) is 8.62. The standard InChI is InChI=1S/C20H18FN3O2/c21-15-8-6-14(7-9-15)12-16-13-23-19(26-16)18-5-3-11-24(18)20(25)17-4-1-2-10-22-17/h1-2,4,6-10,13,18H,3,5,11-12H2/t18-/m1/s1. The zero-order valence-electron chi connectivity index (χ0n) is 14.1. The zero-order valence-corrected chi connectivity index (χ0v) is 14.1. The van der Waals surface area contributed by atoms with Gasteiger partial charge in [0.15, 0.2) is 0 Å². The quantitative estimate of drug-likeness (QED) is 0.718. The molecule has 1 aliphatic heterocycles. The molecule has 5 nitrogen and oxygen atoms in total.